The highest BCUT2D eigenvalue weighted by Gasteiger charge is 2.61. The Bertz CT molecular complexity index is 950. The van der Waals surface area contributed by atoms with Crippen molar-refractivity contribution >= 4 is 17.8 Å². The normalized spacial score (nSPS) is 23.5. The van der Waals surface area contributed by atoms with Gasteiger partial charge in [-0.05, 0) is 36.2 Å². The number of aromatic nitrogens is 2. The smallest absolute Gasteiger partial charge is 0.328 e. The highest BCUT2D eigenvalue weighted by molar-refractivity contribution is 6.01. The van der Waals surface area contributed by atoms with Crippen LogP contribution in [0.4, 0.5) is 23.5 Å². The molecule has 146 valence electrons. The van der Waals surface area contributed by atoms with Gasteiger partial charge in [0.15, 0.2) is 0 Å². The van der Waals surface area contributed by atoms with Gasteiger partial charge in [0.1, 0.15) is 12.7 Å². The van der Waals surface area contributed by atoms with E-state index in [0.717, 1.165) is 23.1 Å². The van der Waals surface area contributed by atoms with Crippen molar-refractivity contribution in [3.8, 4) is 0 Å². The second-order valence-corrected chi connectivity index (χ2v) is 6.87. The van der Waals surface area contributed by atoms with E-state index in [-0.39, 0.29) is 36.6 Å². The molecule has 2 atom stereocenters. The van der Waals surface area contributed by atoms with Gasteiger partial charge in [0.2, 0.25) is 11.9 Å². The topological polar surface area (TPSA) is 75.2 Å². The Morgan fingerprint density at radius 3 is 2.57 bits per heavy atom. The van der Waals surface area contributed by atoms with Gasteiger partial charge in [-0.15, -0.1) is 0 Å². The van der Waals surface area contributed by atoms with Crippen molar-refractivity contribution in [1.29, 1.82) is 0 Å². The molecule has 1 aromatic carbocycles. The lowest BCUT2D eigenvalue weighted by molar-refractivity contribution is -0.137. The zero-order valence-electron chi connectivity index (χ0n) is 14.3. The second kappa shape index (κ2) is 6.25. The van der Waals surface area contributed by atoms with Gasteiger partial charge in [-0.3, -0.25) is 14.9 Å². The van der Waals surface area contributed by atoms with E-state index in [1.54, 1.807) is 6.07 Å². The summed E-state index contributed by atoms with van der Waals surface area (Å²) in [5.74, 6) is -1.14. The first-order valence-corrected chi connectivity index (χ1v) is 8.43. The SMILES string of the molecule is O=C(CN1C[C@]2(C[C@H]2F)c2cc(C(F)(F)F)ccc2C1=O)Nc1ncccn1. The van der Waals surface area contributed by atoms with E-state index in [1.807, 2.05) is 0 Å². The maximum absolute atomic E-state index is 14.2. The molecule has 0 bridgehead atoms. The molecule has 1 aliphatic carbocycles. The molecular formula is C18H14F4N4O2. The molecule has 1 N–H and O–H groups in total. The summed E-state index contributed by atoms with van der Waals surface area (Å²) in [4.78, 5) is 33.7. The molecular weight excluding hydrogens is 380 g/mol. The number of rotatable bonds is 3. The number of alkyl halides is 4. The molecule has 0 saturated heterocycles. The van der Waals surface area contributed by atoms with E-state index in [9.17, 15) is 27.2 Å². The van der Waals surface area contributed by atoms with Crippen molar-refractivity contribution in [2.75, 3.05) is 18.4 Å². The van der Waals surface area contributed by atoms with E-state index in [2.05, 4.69) is 15.3 Å². The number of benzene rings is 1. The average Bonchev–Trinajstić information content (AvgIpc) is 3.29. The van der Waals surface area contributed by atoms with Crippen molar-refractivity contribution < 1.29 is 27.2 Å². The number of nitrogens with one attached hydrogen (secondary N) is 1. The highest BCUT2D eigenvalue weighted by atomic mass is 19.4. The fourth-order valence-corrected chi connectivity index (χ4v) is 3.52. The Labute approximate surface area is 156 Å². The molecule has 2 aromatic rings. The van der Waals surface area contributed by atoms with Crippen LogP contribution < -0.4 is 5.32 Å². The Hall–Kier alpha value is -3.04. The number of carbonyl (C=O) groups excluding carboxylic acids is 2. The van der Waals surface area contributed by atoms with Gasteiger partial charge in [-0.1, -0.05) is 0 Å². The Morgan fingerprint density at radius 1 is 1.29 bits per heavy atom. The second-order valence-electron chi connectivity index (χ2n) is 6.87. The number of hydrogen-bond acceptors (Lipinski definition) is 4. The lowest BCUT2D eigenvalue weighted by atomic mass is 9.85. The molecule has 1 aliphatic heterocycles. The molecule has 1 fully saturated rings. The standard InChI is InChI=1S/C18H14F4N4O2/c19-13-7-17(13)9-26(8-14(27)25-16-23-4-1-5-24-16)15(28)11-3-2-10(6-12(11)17)18(20,21)22/h1-6,13H,7-9H2,(H,23,24,25,27)/t13-,17-/m1/s1. The van der Waals surface area contributed by atoms with Gasteiger partial charge in [0, 0.05) is 29.9 Å². The summed E-state index contributed by atoms with van der Waals surface area (Å²) in [6.07, 6.45) is -3.10. The first-order valence-electron chi connectivity index (χ1n) is 8.43. The van der Waals surface area contributed by atoms with Crippen LogP contribution in [0.25, 0.3) is 0 Å². The number of anilines is 1. The Balaban J connectivity index is 1.60. The quantitative estimate of drug-likeness (QED) is 0.812. The van der Waals surface area contributed by atoms with Crippen LogP contribution in [0.1, 0.15) is 27.9 Å². The molecule has 2 aliphatic rings. The van der Waals surface area contributed by atoms with E-state index < -0.39 is 35.1 Å². The summed E-state index contributed by atoms with van der Waals surface area (Å²) in [7, 11) is 0. The fraction of sp³-hybridized carbons (Fsp3) is 0.333. The largest absolute Gasteiger partial charge is 0.416 e. The monoisotopic (exact) mass is 394 g/mol. The maximum Gasteiger partial charge on any atom is 0.416 e. The van der Waals surface area contributed by atoms with Crippen LogP contribution in [0.5, 0.6) is 0 Å². The van der Waals surface area contributed by atoms with E-state index in [0.29, 0.717) is 0 Å². The van der Waals surface area contributed by atoms with Gasteiger partial charge in [-0.2, -0.15) is 13.2 Å². The number of carbonyl (C=O) groups is 2. The number of hydrogen-bond donors (Lipinski definition) is 1. The lowest BCUT2D eigenvalue weighted by Gasteiger charge is -2.34. The minimum atomic E-state index is -4.59. The molecule has 0 radical (unpaired) electrons. The first kappa shape index (κ1) is 18.3. The molecule has 2 heterocycles. The van der Waals surface area contributed by atoms with E-state index in [1.165, 1.54) is 12.4 Å². The van der Waals surface area contributed by atoms with Crippen LogP contribution in [0.15, 0.2) is 36.7 Å². The summed E-state index contributed by atoms with van der Waals surface area (Å²) < 4.78 is 53.3. The molecule has 28 heavy (non-hydrogen) atoms. The minimum absolute atomic E-state index is 0.00844. The van der Waals surface area contributed by atoms with Gasteiger partial charge < -0.3 is 4.90 Å². The van der Waals surface area contributed by atoms with Crippen molar-refractivity contribution in [1.82, 2.24) is 14.9 Å². The van der Waals surface area contributed by atoms with Gasteiger partial charge in [0.25, 0.3) is 5.91 Å². The van der Waals surface area contributed by atoms with Crippen LogP contribution in [0.3, 0.4) is 0 Å². The highest BCUT2D eigenvalue weighted by Crippen LogP contribution is 2.55. The van der Waals surface area contributed by atoms with Crippen LogP contribution >= 0.6 is 0 Å². The predicted octanol–water partition coefficient (Wildman–Crippen LogP) is 2.57. The zero-order valence-corrected chi connectivity index (χ0v) is 14.3. The summed E-state index contributed by atoms with van der Waals surface area (Å²) >= 11 is 0. The summed E-state index contributed by atoms with van der Waals surface area (Å²) in [5, 5.41) is 2.42. The van der Waals surface area contributed by atoms with Crippen LogP contribution in [-0.4, -0.2) is 45.9 Å². The molecule has 1 spiro atoms. The van der Waals surface area contributed by atoms with Gasteiger partial charge >= 0.3 is 6.18 Å². The predicted molar refractivity (Wildman–Crippen MR) is 89.2 cm³/mol. The number of amides is 2. The van der Waals surface area contributed by atoms with E-state index >= 15 is 0 Å². The Morgan fingerprint density at radius 2 is 1.96 bits per heavy atom. The summed E-state index contributed by atoms with van der Waals surface area (Å²) in [5.41, 5.74) is -2.08. The molecule has 10 heteroatoms. The third kappa shape index (κ3) is 3.08. The van der Waals surface area contributed by atoms with E-state index in [4.69, 9.17) is 0 Å². The van der Waals surface area contributed by atoms with Crippen LogP contribution in [0, 0.1) is 0 Å². The number of fused-ring (bicyclic) bond motifs is 2. The lowest BCUT2D eigenvalue weighted by Crippen LogP contribution is -2.47. The van der Waals surface area contributed by atoms with Crippen molar-refractivity contribution in [3.63, 3.8) is 0 Å². The average molecular weight is 394 g/mol. The van der Waals surface area contributed by atoms with Crippen molar-refractivity contribution in [2.24, 2.45) is 0 Å². The van der Waals surface area contributed by atoms with Crippen LogP contribution in [0.2, 0.25) is 0 Å². The Kier molecular flexibility index (Phi) is 4.09. The molecule has 4 rings (SSSR count). The van der Waals surface area contributed by atoms with Gasteiger partial charge in [0.05, 0.1) is 5.56 Å². The van der Waals surface area contributed by atoms with Crippen molar-refractivity contribution in [3.05, 3.63) is 53.3 Å². The fourth-order valence-electron chi connectivity index (χ4n) is 3.52. The van der Waals surface area contributed by atoms with Gasteiger partial charge in [-0.25, -0.2) is 14.4 Å². The van der Waals surface area contributed by atoms with Crippen LogP contribution in [-0.2, 0) is 16.4 Å². The number of halogens is 4. The summed E-state index contributed by atoms with van der Waals surface area (Å²) in [6.45, 7) is -0.545. The third-order valence-electron chi connectivity index (χ3n) is 5.01. The first-order chi connectivity index (χ1) is 13.2. The summed E-state index contributed by atoms with van der Waals surface area (Å²) in [6, 6.07) is 4.26. The zero-order chi connectivity index (χ0) is 20.1. The molecule has 0 unspecified atom stereocenters. The molecule has 6 nitrogen and oxygen atoms in total. The maximum atomic E-state index is 14.2. The molecule has 1 aromatic heterocycles. The minimum Gasteiger partial charge on any atom is -0.328 e. The molecule has 1 saturated carbocycles. The number of nitrogens with zero attached hydrogens (tertiary/aromatic N) is 3. The third-order valence-corrected chi connectivity index (χ3v) is 5.01. The molecule has 2 amide bonds. The van der Waals surface area contributed by atoms with Crippen molar-refractivity contribution in [2.45, 2.75) is 24.2 Å².